The van der Waals surface area contributed by atoms with Crippen LogP contribution in [0.25, 0.3) is 0 Å². The molecular weight excluding hydrogens is 447 g/mol. The summed E-state index contributed by atoms with van der Waals surface area (Å²) in [5.74, 6) is -2.42. The zero-order valence-corrected chi connectivity index (χ0v) is 19.7. The molecule has 1 fully saturated rings. The lowest BCUT2D eigenvalue weighted by molar-refractivity contribution is -0.144. The number of anilines is 1. The predicted octanol–water partition coefficient (Wildman–Crippen LogP) is 3.77. The second-order valence-corrected chi connectivity index (χ2v) is 7.85. The van der Waals surface area contributed by atoms with Crippen LogP contribution in [-0.4, -0.2) is 40.2 Å². The van der Waals surface area contributed by atoms with Crippen LogP contribution in [0.1, 0.15) is 37.8 Å². The van der Waals surface area contributed by atoms with Crippen LogP contribution in [-0.2, 0) is 20.9 Å². The maximum absolute atomic E-state index is 14.5. The van der Waals surface area contributed by atoms with Crippen molar-refractivity contribution in [3.8, 4) is 0 Å². The first-order valence-electron chi connectivity index (χ1n) is 10.6. The minimum absolute atomic E-state index is 0.115. The lowest BCUT2D eigenvalue weighted by atomic mass is 10.00. The van der Waals surface area contributed by atoms with Gasteiger partial charge in [0.15, 0.2) is 11.6 Å². The number of hydrogen-bond acceptors (Lipinski definition) is 4. The fourth-order valence-corrected chi connectivity index (χ4v) is 3.52. The highest BCUT2D eigenvalue weighted by Crippen LogP contribution is 2.27. The lowest BCUT2D eigenvalue weighted by Gasteiger charge is -2.40. The molecule has 0 radical (unpaired) electrons. The molecular formula is C24H28ClFN4O3. The highest BCUT2D eigenvalue weighted by Gasteiger charge is 2.41. The van der Waals surface area contributed by atoms with E-state index in [2.05, 4.69) is 11.6 Å². The topological polar surface area (TPSA) is 96.6 Å². The van der Waals surface area contributed by atoms with Crippen LogP contribution in [0.5, 0.6) is 0 Å². The van der Waals surface area contributed by atoms with Crippen molar-refractivity contribution in [2.45, 2.75) is 46.2 Å². The largest absolute Gasteiger partial charge is 0.366 e. The van der Waals surface area contributed by atoms with Crippen LogP contribution in [0.3, 0.4) is 0 Å². The molecule has 1 saturated heterocycles. The van der Waals surface area contributed by atoms with E-state index in [-0.39, 0.29) is 43.2 Å². The van der Waals surface area contributed by atoms with E-state index in [1.807, 2.05) is 13.8 Å². The van der Waals surface area contributed by atoms with E-state index in [0.717, 1.165) is 10.5 Å². The number of amides is 3. The van der Waals surface area contributed by atoms with Crippen LogP contribution in [0.4, 0.5) is 10.2 Å². The second kappa shape index (κ2) is 11.6. The molecule has 3 amide bonds. The summed E-state index contributed by atoms with van der Waals surface area (Å²) in [5.41, 5.74) is 6.76. The van der Waals surface area contributed by atoms with Crippen molar-refractivity contribution in [2.75, 3.05) is 11.4 Å². The Hall–Kier alpha value is -3.26. The van der Waals surface area contributed by atoms with E-state index in [4.69, 9.17) is 17.3 Å². The quantitative estimate of drug-likeness (QED) is 0.617. The first-order valence-corrected chi connectivity index (χ1v) is 11.0. The van der Waals surface area contributed by atoms with Gasteiger partial charge in [-0.3, -0.25) is 19.3 Å². The van der Waals surface area contributed by atoms with Gasteiger partial charge in [0, 0.05) is 23.3 Å². The molecule has 1 aliphatic rings. The minimum atomic E-state index is -0.935. The molecule has 1 aromatic carbocycles. The molecule has 2 aromatic rings. The van der Waals surface area contributed by atoms with E-state index in [0.29, 0.717) is 10.6 Å². The van der Waals surface area contributed by atoms with Crippen LogP contribution in [0, 0.1) is 12.7 Å². The number of nitrogens with zero attached hydrogens (tertiary/aromatic N) is 3. The number of carbonyl (C=O) groups is 3. The SMILES string of the molecule is C=C(CCC1C(=O)N(c2ncc(C)cc2F)CC(=O)N1Cc1ccc(Cl)cc1)C(N)=O.CC. The van der Waals surface area contributed by atoms with Crippen molar-refractivity contribution in [1.82, 2.24) is 9.88 Å². The molecule has 9 heteroatoms. The smallest absolute Gasteiger partial charge is 0.251 e. The van der Waals surface area contributed by atoms with Crippen LogP contribution >= 0.6 is 11.6 Å². The number of primary amides is 1. The Kier molecular flexibility index (Phi) is 9.11. The average molecular weight is 475 g/mol. The standard InChI is InChI=1S/C22H22ClFN4O3.C2H6/c1-13-9-17(24)21(26-10-13)28-12-19(29)27(11-15-4-6-16(23)7-5-15)18(22(28)31)8-3-14(2)20(25)30;1-2/h4-7,9-10,18H,2-3,8,11-12H2,1H3,(H2,25,30);1-2H3. The molecule has 0 saturated carbocycles. The number of aromatic nitrogens is 1. The van der Waals surface area contributed by atoms with Gasteiger partial charge in [0.25, 0.3) is 5.91 Å². The number of hydrogen-bond donors (Lipinski definition) is 1. The average Bonchev–Trinajstić information content (AvgIpc) is 2.78. The summed E-state index contributed by atoms with van der Waals surface area (Å²) in [4.78, 5) is 44.2. The zero-order valence-electron chi connectivity index (χ0n) is 19.0. The van der Waals surface area contributed by atoms with Crippen LogP contribution < -0.4 is 10.6 Å². The third-order valence-corrected chi connectivity index (χ3v) is 5.34. The van der Waals surface area contributed by atoms with Gasteiger partial charge in [-0.25, -0.2) is 9.37 Å². The molecule has 33 heavy (non-hydrogen) atoms. The lowest BCUT2D eigenvalue weighted by Crippen LogP contribution is -2.60. The zero-order chi connectivity index (χ0) is 24.7. The Morgan fingerprint density at radius 1 is 1.27 bits per heavy atom. The Bertz CT molecular complexity index is 1040. The maximum atomic E-state index is 14.5. The van der Waals surface area contributed by atoms with E-state index >= 15 is 0 Å². The van der Waals surface area contributed by atoms with Gasteiger partial charge in [-0.15, -0.1) is 0 Å². The normalized spacial score (nSPS) is 15.7. The molecule has 0 spiro atoms. The molecule has 2 heterocycles. The molecule has 1 aliphatic heterocycles. The summed E-state index contributed by atoms with van der Waals surface area (Å²) in [6.07, 6.45) is 1.66. The van der Waals surface area contributed by atoms with Gasteiger partial charge in [-0.05, 0) is 49.1 Å². The van der Waals surface area contributed by atoms with Crippen molar-refractivity contribution in [1.29, 1.82) is 0 Å². The van der Waals surface area contributed by atoms with E-state index in [9.17, 15) is 18.8 Å². The number of pyridine rings is 1. The molecule has 0 aliphatic carbocycles. The van der Waals surface area contributed by atoms with Crippen molar-refractivity contribution >= 4 is 35.1 Å². The number of nitrogens with two attached hydrogens (primary N) is 1. The summed E-state index contributed by atoms with van der Waals surface area (Å²) in [7, 11) is 0. The van der Waals surface area contributed by atoms with E-state index in [1.54, 1.807) is 31.2 Å². The summed E-state index contributed by atoms with van der Waals surface area (Å²) in [6, 6.07) is 7.21. The van der Waals surface area contributed by atoms with Gasteiger partial charge in [-0.2, -0.15) is 0 Å². The van der Waals surface area contributed by atoms with Gasteiger partial charge in [0.1, 0.15) is 12.6 Å². The van der Waals surface area contributed by atoms with Gasteiger partial charge in [0.2, 0.25) is 11.8 Å². The number of carbonyl (C=O) groups excluding carboxylic acids is 3. The fourth-order valence-electron chi connectivity index (χ4n) is 3.39. The predicted molar refractivity (Wildman–Crippen MR) is 126 cm³/mol. The van der Waals surface area contributed by atoms with Gasteiger partial charge in [-0.1, -0.05) is 44.2 Å². The van der Waals surface area contributed by atoms with Crippen LogP contribution in [0.15, 0.2) is 48.7 Å². The van der Waals surface area contributed by atoms with Crippen molar-refractivity contribution < 1.29 is 18.8 Å². The van der Waals surface area contributed by atoms with Crippen molar-refractivity contribution in [3.63, 3.8) is 0 Å². The van der Waals surface area contributed by atoms with Crippen molar-refractivity contribution in [2.24, 2.45) is 5.73 Å². The monoisotopic (exact) mass is 474 g/mol. The highest BCUT2D eigenvalue weighted by molar-refractivity contribution is 6.30. The number of aryl methyl sites for hydroxylation is 1. The van der Waals surface area contributed by atoms with Crippen molar-refractivity contribution in [3.05, 3.63) is 70.6 Å². The molecule has 0 bridgehead atoms. The molecule has 176 valence electrons. The molecule has 2 N–H and O–H groups in total. The third-order valence-electron chi connectivity index (χ3n) is 5.09. The van der Waals surface area contributed by atoms with Crippen LogP contribution in [0.2, 0.25) is 5.02 Å². The Morgan fingerprint density at radius 3 is 2.48 bits per heavy atom. The third kappa shape index (κ3) is 6.38. The molecule has 7 nitrogen and oxygen atoms in total. The Balaban J connectivity index is 0.00000187. The molecule has 1 unspecified atom stereocenters. The first-order chi connectivity index (χ1) is 15.7. The summed E-state index contributed by atoms with van der Waals surface area (Å²) < 4.78 is 14.5. The summed E-state index contributed by atoms with van der Waals surface area (Å²) in [6.45, 7) is 9.11. The molecule has 1 atom stereocenters. The molecule has 3 rings (SSSR count). The first kappa shape index (κ1) is 26.0. The minimum Gasteiger partial charge on any atom is -0.366 e. The van der Waals surface area contributed by atoms with Gasteiger partial charge < -0.3 is 10.6 Å². The number of halogens is 2. The maximum Gasteiger partial charge on any atom is 0.251 e. The van der Waals surface area contributed by atoms with Gasteiger partial charge in [0.05, 0.1) is 0 Å². The Morgan fingerprint density at radius 2 is 1.91 bits per heavy atom. The number of rotatable bonds is 7. The summed E-state index contributed by atoms with van der Waals surface area (Å²) in [5, 5.41) is 0.547. The fraction of sp³-hybridized carbons (Fsp3) is 0.333. The van der Waals surface area contributed by atoms with Gasteiger partial charge >= 0.3 is 0 Å². The highest BCUT2D eigenvalue weighted by atomic mass is 35.5. The van der Waals surface area contributed by atoms with E-state index in [1.165, 1.54) is 17.2 Å². The second-order valence-electron chi connectivity index (χ2n) is 7.41. The summed E-state index contributed by atoms with van der Waals surface area (Å²) >= 11 is 5.92. The number of piperazine rings is 1. The Labute approximate surface area is 198 Å². The number of benzene rings is 1. The molecule has 1 aromatic heterocycles. The van der Waals surface area contributed by atoms with E-state index < -0.39 is 23.7 Å².